The number of halogens is 1. The lowest BCUT2D eigenvalue weighted by Gasteiger charge is -2.42. The molecule has 6 nitrogen and oxygen atoms in total. The van der Waals surface area contributed by atoms with Crippen molar-refractivity contribution in [3.63, 3.8) is 0 Å². The summed E-state index contributed by atoms with van der Waals surface area (Å²) in [5.74, 6) is 2.76. The number of guanidine groups is 1. The molecule has 1 aromatic rings. The van der Waals surface area contributed by atoms with Gasteiger partial charge in [0.1, 0.15) is 12.4 Å². The average Bonchev–Trinajstić information content (AvgIpc) is 2.87. The van der Waals surface area contributed by atoms with E-state index in [1.807, 2.05) is 24.6 Å². The fourth-order valence-corrected chi connectivity index (χ4v) is 3.47. The summed E-state index contributed by atoms with van der Waals surface area (Å²) in [6.45, 7) is 13.8. The summed E-state index contributed by atoms with van der Waals surface area (Å²) < 4.78 is 1.99. The van der Waals surface area contributed by atoms with Crippen molar-refractivity contribution in [2.75, 3.05) is 19.6 Å². The third kappa shape index (κ3) is 5.97. The van der Waals surface area contributed by atoms with Crippen LogP contribution in [0.5, 0.6) is 0 Å². The molecule has 7 heteroatoms. The van der Waals surface area contributed by atoms with Crippen LogP contribution in [0.25, 0.3) is 0 Å². The predicted molar refractivity (Wildman–Crippen MR) is 114 cm³/mol. The normalized spacial score (nSPS) is 21.0. The summed E-state index contributed by atoms with van der Waals surface area (Å²) in [5.41, 5.74) is 0.380. The fraction of sp³-hybridized carbons (Fsp3) is 0.722. The van der Waals surface area contributed by atoms with Gasteiger partial charge in [0.05, 0.1) is 0 Å². The minimum atomic E-state index is 0. The number of aromatic nitrogens is 3. The SMILES string of the molecule is C=CCNC(=NCc1nnc(C)n1C)N1CCCC(C)(CCC)C1.I. The molecule has 0 radical (unpaired) electrons. The van der Waals surface area contributed by atoms with Crippen molar-refractivity contribution in [1.82, 2.24) is 25.0 Å². The summed E-state index contributed by atoms with van der Waals surface area (Å²) in [6, 6.07) is 0. The van der Waals surface area contributed by atoms with E-state index >= 15 is 0 Å². The molecule has 1 saturated heterocycles. The first kappa shape index (κ1) is 21.9. The number of hydrogen-bond acceptors (Lipinski definition) is 3. The van der Waals surface area contributed by atoms with Gasteiger partial charge in [0, 0.05) is 26.7 Å². The van der Waals surface area contributed by atoms with Gasteiger partial charge in [0.15, 0.2) is 11.8 Å². The van der Waals surface area contributed by atoms with Gasteiger partial charge in [-0.2, -0.15) is 0 Å². The smallest absolute Gasteiger partial charge is 0.194 e. The van der Waals surface area contributed by atoms with E-state index in [0.717, 1.165) is 37.2 Å². The Morgan fingerprint density at radius 1 is 1.44 bits per heavy atom. The molecule has 1 atom stereocenters. The third-order valence-corrected chi connectivity index (χ3v) is 4.89. The first-order chi connectivity index (χ1) is 11.5. The topological polar surface area (TPSA) is 58.3 Å². The molecule has 0 aromatic carbocycles. The lowest BCUT2D eigenvalue weighted by molar-refractivity contribution is 0.142. The first-order valence-corrected chi connectivity index (χ1v) is 8.98. The number of hydrogen-bond donors (Lipinski definition) is 1. The van der Waals surface area contributed by atoms with Gasteiger partial charge in [-0.15, -0.1) is 40.8 Å². The molecule has 25 heavy (non-hydrogen) atoms. The zero-order valence-electron chi connectivity index (χ0n) is 16.1. The maximum absolute atomic E-state index is 4.82. The standard InChI is InChI=1S/C18H32N6.HI/c1-6-9-18(4)10-8-12-24(14-18)17(19-11-7-2)20-13-16-22-21-15(3)23(16)5;/h7H,2,6,8-14H2,1,3-5H3,(H,19,20);1H. The molecular weight excluding hydrogens is 427 g/mol. The first-order valence-electron chi connectivity index (χ1n) is 8.98. The zero-order valence-corrected chi connectivity index (χ0v) is 18.4. The van der Waals surface area contributed by atoms with Gasteiger partial charge < -0.3 is 14.8 Å². The lowest BCUT2D eigenvalue weighted by atomic mass is 9.78. The monoisotopic (exact) mass is 460 g/mol. The summed E-state index contributed by atoms with van der Waals surface area (Å²) in [5, 5.41) is 11.7. The molecule has 1 N–H and O–H groups in total. The molecule has 0 amide bonds. The van der Waals surface area contributed by atoms with E-state index in [1.165, 1.54) is 25.7 Å². The van der Waals surface area contributed by atoms with E-state index in [1.54, 1.807) is 0 Å². The Hall–Kier alpha value is -1.12. The summed E-state index contributed by atoms with van der Waals surface area (Å²) in [6.07, 6.45) is 6.88. The Bertz CT molecular complexity index is 578. The van der Waals surface area contributed by atoms with E-state index in [2.05, 4.69) is 40.8 Å². The number of likely N-dealkylation sites (tertiary alicyclic amines) is 1. The number of nitrogens with zero attached hydrogens (tertiary/aromatic N) is 5. The van der Waals surface area contributed by atoms with Gasteiger partial charge in [-0.05, 0) is 31.6 Å². The molecule has 1 unspecified atom stereocenters. The second-order valence-corrected chi connectivity index (χ2v) is 7.12. The highest BCUT2D eigenvalue weighted by Gasteiger charge is 2.31. The van der Waals surface area contributed by atoms with Crippen molar-refractivity contribution in [2.45, 2.75) is 53.0 Å². The Morgan fingerprint density at radius 2 is 2.20 bits per heavy atom. The minimum Gasteiger partial charge on any atom is -0.353 e. The largest absolute Gasteiger partial charge is 0.353 e. The molecule has 1 aliphatic rings. The highest BCUT2D eigenvalue weighted by atomic mass is 127. The van der Waals surface area contributed by atoms with Gasteiger partial charge >= 0.3 is 0 Å². The number of piperidine rings is 1. The van der Waals surface area contributed by atoms with Crippen LogP contribution in [-0.2, 0) is 13.6 Å². The number of rotatable bonds is 6. The van der Waals surface area contributed by atoms with Gasteiger partial charge in [0.25, 0.3) is 0 Å². The van der Waals surface area contributed by atoms with Gasteiger partial charge in [0.2, 0.25) is 0 Å². The van der Waals surface area contributed by atoms with E-state index in [9.17, 15) is 0 Å². The highest BCUT2D eigenvalue weighted by molar-refractivity contribution is 14.0. The number of nitrogens with one attached hydrogen (secondary N) is 1. The van der Waals surface area contributed by atoms with Crippen LogP contribution in [0.3, 0.4) is 0 Å². The third-order valence-electron chi connectivity index (χ3n) is 4.89. The molecular formula is C18H33IN6. The molecule has 0 aliphatic carbocycles. The van der Waals surface area contributed by atoms with Crippen LogP contribution in [0.4, 0.5) is 0 Å². The van der Waals surface area contributed by atoms with E-state index in [4.69, 9.17) is 4.99 Å². The van der Waals surface area contributed by atoms with Crippen LogP contribution in [-0.4, -0.2) is 45.3 Å². The molecule has 142 valence electrons. The Kier molecular flexibility index (Phi) is 8.88. The zero-order chi connectivity index (χ0) is 17.6. The molecule has 0 spiro atoms. The Balaban J connectivity index is 0.00000312. The molecule has 1 fully saturated rings. The number of aryl methyl sites for hydroxylation is 1. The molecule has 1 aliphatic heterocycles. The molecule has 2 rings (SSSR count). The average molecular weight is 460 g/mol. The van der Waals surface area contributed by atoms with Crippen LogP contribution in [0.2, 0.25) is 0 Å². The Labute approximate surface area is 169 Å². The van der Waals surface area contributed by atoms with Crippen LogP contribution in [0.1, 0.15) is 51.2 Å². The predicted octanol–water partition coefficient (Wildman–Crippen LogP) is 3.28. The minimum absolute atomic E-state index is 0. The van der Waals surface area contributed by atoms with E-state index in [-0.39, 0.29) is 24.0 Å². The quantitative estimate of drug-likeness (QED) is 0.307. The Morgan fingerprint density at radius 3 is 2.80 bits per heavy atom. The van der Waals surface area contributed by atoms with Gasteiger partial charge in [-0.3, -0.25) is 0 Å². The van der Waals surface area contributed by atoms with Crippen molar-refractivity contribution in [3.8, 4) is 0 Å². The van der Waals surface area contributed by atoms with E-state index < -0.39 is 0 Å². The van der Waals surface area contributed by atoms with Crippen LogP contribution in [0, 0.1) is 12.3 Å². The van der Waals surface area contributed by atoms with Crippen molar-refractivity contribution in [1.29, 1.82) is 0 Å². The second kappa shape index (κ2) is 10.1. The lowest BCUT2D eigenvalue weighted by Crippen LogP contribution is -2.49. The fourth-order valence-electron chi connectivity index (χ4n) is 3.47. The molecule has 0 saturated carbocycles. The van der Waals surface area contributed by atoms with Crippen molar-refractivity contribution in [3.05, 3.63) is 24.3 Å². The van der Waals surface area contributed by atoms with E-state index in [0.29, 0.717) is 12.0 Å². The number of aliphatic imine (C=N–C) groups is 1. The maximum Gasteiger partial charge on any atom is 0.194 e. The molecule has 1 aromatic heterocycles. The highest BCUT2D eigenvalue weighted by Crippen LogP contribution is 2.33. The summed E-state index contributed by atoms with van der Waals surface area (Å²) in [7, 11) is 1.98. The van der Waals surface area contributed by atoms with Gasteiger partial charge in [-0.1, -0.05) is 26.3 Å². The summed E-state index contributed by atoms with van der Waals surface area (Å²) >= 11 is 0. The van der Waals surface area contributed by atoms with Crippen molar-refractivity contribution in [2.24, 2.45) is 17.5 Å². The second-order valence-electron chi connectivity index (χ2n) is 7.12. The van der Waals surface area contributed by atoms with Crippen LogP contribution in [0.15, 0.2) is 17.6 Å². The molecule has 0 bridgehead atoms. The van der Waals surface area contributed by atoms with Crippen LogP contribution < -0.4 is 5.32 Å². The summed E-state index contributed by atoms with van der Waals surface area (Å²) in [4.78, 5) is 7.21. The molecule has 2 heterocycles. The maximum atomic E-state index is 4.82. The van der Waals surface area contributed by atoms with Crippen LogP contribution >= 0.6 is 24.0 Å². The van der Waals surface area contributed by atoms with Crippen molar-refractivity contribution < 1.29 is 0 Å². The van der Waals surface area contributed by atoms with Gasteiger partial charge in [-0.25, -0.2) is 4.99 Å². The van der Waals surface area contributed by atoms with Crippen molar-refractivity contribution >= 4 is 29.9 Å².